The van der Waals surface area contributed by atoms with Crippen LogP contribution in [0.15, 0.2) is 77.7 Å². The van der Waals surface area contributed by atoms with Crippen molar-refractivity contribution in [2.24, 2.45) is 0 Å². The number of anilines is 2. The quantitative estimate of drug-likeness (QED) is 0.475. The van der Waals surface area contributed by atoms with Crippen molar-refractivity contribution in [1.29, 1.82) is 0 Å². The molecule has 0 bridgehead atoms. The largest absolute Gasteiger partial charge is 0.378 e. The van der Waals surface area contributed by atoms with Crippen molar-refractivity contribution in [2.45, 2.75) is 31.7 Å². The topological polar surface area (TPSA) is 79.0 Å². The number of nitrogens with one attached hydrogen (secondary N) is 1. The first kappa shape index (κ1) is 25.7. The van der Waals surface area contributed by atoms with Crippen molar-refractivity contribution >= 4 is 27.3 Å². The van der Waals surface area contributed by atoms with Crippen LogP contribution in [0.5, 0.6) is 0 Å². The van der Waals surface area contributed by atoms with Crippen LogP contribution in [0.3, 0.4) is 0 Å². The fourth-order valence-electron chi connectivity index (χ4n) is 4.22. The van der Waals surface area contributed by atoms with Crippen molar-refractivity contribution in [3.63, 3.8) is 0 Å². The van der Waals surface area contributed by atoms with Gasteiger partial charge < -0.3 is 15.0 Å². The molecule has 36 heavy (non-hydrogen) atoms. The highest BCUT2D eigenvalue weighted by molar-refractivity contribution is 7.92. The first-order valence-electron chi connectivity index (χ1n) is 12.2. The Bertz CT molecular complexity index is 1270. The molecule has 1 aliphatic rings. The van der Waals surface area contributed by atoms with E-state index in [9.17, 15) is 13.2 Å². The van der Waals surface area contributed by atoms with E-state index in [4.69, 9.17) is 4.74 Å². The zero-order chi connectivity index (χ0) is 25.5. The molecule has 3 aromatic carbocycles. The van der Waals surface area contributed by atoms with E-state index >= 15 is 0 Å². The zero-order valence-electron chi connectivity index (χ0n) is 20.8. The van der Waals surface area contributed by atoms with Crippen LogP contribution >= 0.6 is 0 Å². The molecule has 1 fully saturated rings. The van der Waals surface area contributed by atoms with Gasteiger partial charge in [-0.05, 0) is 54.8 Å². The molecule has 190 valence electrons. The summed E-state index contributed by atoms with van der Waals surface area (Å²) in [6.07, 6.45) is 0.646. The Kier molecular flexibility index (Phi) is 8.28. The van der Waals surface area contributed by atoms with E-state index in [-0.39, 0.29) is 17.3 Å². The van der Waals surface area contributed by atoms with Crippen molar-refractivity contribution < 1.29 is 17.9 Å². The van der Waals surface area contributed by atoms with Crippen LogP contribution in [0.2, 0.25) is 0 Å². The first-order chi connectivity index (χ1) is 17.4. The van der Waals surface area contributed by atoms with E-state index < -0.39 is 10.0 Å². The van der Waals surface area contributed by atoms with Crippen molar-refractivity contribution in [2.75, 3.05) is 42.1 Å². The third-order valence-corrected chi connectivity index (χ3v) is 8.11. The van der Waals surface area contributed by atoms with Gasteiger partial charge in [0.2, 0.25) is 5.91 Å². The fourth-order valence-corrected chi connectivity index (χ4v) is 5.68. The summed E-state index contributed by atoms with van der Waals surface area (Å²) < 4.78 is 33.9. The lowest BCUT2D eigenvalue weighted by molar-refractivity contribution is -0.119. The van der Waals surface area contributed by atoms with Gasteiger partial charge in [0.15, 0.2) is 0 Å². The maximum absolute atomic E-state index is 13.6. The Labute approximate surface area is 213 Å². The molecule has 1 saturated heterocycles. The molecule has 0 aliphatic carbocycles. The predicted molar refractivity (Wildman–Crippen MR) is 143 cm³/mol. The number of nitrogens with zero attached hydrogens (tertiary/aromatic N) is 2. The molecule has 0 spiro atoms. The van der Waals surface area contributed by atoms with E-state index in [0.717, 1.165) is 48.7 Å². The molecule has 0 aromatic heterocycles. The number of hydrogen-bond donors (Lipinski definition) is 1. The lowest BCUT2D eigenvalue weighted by atomic mass is 10.1. The number of aryl methyl sites for hydroxylation is 2. The molecular formula is C28H33N3O4S. The minimum atomic E-state index is -3.94. The summed E-state index contributed by atoms with van der Waals surface area (Å²) in [5.41, 5.74) is 4.42. The van der Waals surface area contributed by atoms with Gasteiger partial charge in [0.25, 0.3) is 10.0 Å². The predicted octanol–water partition coefficient (Wildman–Crippen LogP) is 3.91. The van der Waals surface area contributed by atoms with Gasteiger partial charge >= 0.3 is 0 Å². The molecule has 1 amide bonds. The molecule has 1 aliphatic heterocycles. The summed E-state index contributed by atoms with van der Waals surface area (Å²) in [5.74, 6) is -0.367. The highest BCUT2D eigenvalue weighted by atomic mass is 32.2. The number of morpholine rings is 1. The maximum Gasteiger partial charge on any atom is 0.264 e. The number of hydrogen-bond acceptors (Lipinski definition) is 5. The van der Waals surface area contributed by atoms with Gasteiger partial charge in [0.05, 0.1) is 23.8 Å². The number of amides is 1. The summed E-state index contributed by atoms with van der Waals surface area (Å²) in [6.45, 7) is 7.05. The molecule has 3 aromatic rings. The van der Waals surface area contributed by atoms with Crippen molar-refractivity contribution in [3.05, 3.63) is 89.5 Å². The average Bonchev–Trinajstić information content (AvgIpc) is 2.91. The second kappa shape index (κ2) is 11.6. The molecule has 4 rings (SSSR count). The van der Waals surface area contributed by atoms with Crippen LogP contribution in [0, 0.1) is 6.92 Å². The monoisotopic (exact) mass is 507 g/mol. The van der Waals surface area contributed by atoms with E-state index in [1.807, 2.05) is 50.2 Å². The minimum Gasteiger partial charge on any atom is -0.378 e. The summed E-state index contributed by atoms with van der Waals surface area (Å²) in [6, 6.07) is 22.0. The van der Waals surface area contributed by atoms with E-state index in [1.54, 1.807) is 36.4 Å². The van der Waals surface area contributed by atoms with Gasteiger partial charge in [0.1, 0.15) is 6.54 Å². The Balaban J connectivity index is 1.50. The SMILES string of the molecule is CCc1ccccc1N(CC(=O)NCc1ccc(N2CCOCC2)cc1)S(=O)(=O)c1ccc(C)cc1. The smallest absolute Gasteiger partial charge is 0.264 e. The molecule has 0 saturated carbocycles. The van der Waals surface area contributed by atoms with Gasteiger partial charge in [0, 0.05) is 25.3 Å². The van der Waals surface area contributed by atoms with E-state index in [1.165, 1.54) is 4.31 Å². The standard InChI is InChI=1S/C28H33N3O4S/c1-3-24-6-4-5-7-27(24)31(36(33,34)26-14-8-22(2)9-15-26)21-28(32)29-20-23-10-12-25(13-11-23)30-16-18-35-19-17-30/h4-15H,3,16-21H2,1-2H3,(H,29,32). The Morgan fingerprint density at radius 2 is 1.64 bits per heavy atom. The number of ether oxygens (including phenoxy) is 1. The molecule has 0 atom stereocenters. The Morgan fingerprint density at radius 1 is 0.972 bits per heavy atom. The lowest BCUT2D eigenvalue weighted by Crippen LogP contribution is -2.41. The molecule has 7 nitrogen and oxygen atoms in total. The second-order valence-electron chi connectivity index (χ2n) is 8.85. The minimum absolute atomic E-state index is 0.158. The number of para-hydroxylation sites is 1. The van der Waals surface area contributed by atoms with Gasteiger partial charge in [-0.15, -0.1) is 0 Å². The van der Waals surface area contributed by atoms with Crippen LogP contribution in [-0.4, -0.2) is 47.2 Å². The summed E-state index contributed by atoms with van der Waals surface area (Å²) in [7, 11) is -3.94. The lowest BCUT2D eigenvalue weighted by Gasteiger charge is -2.29. The summed E-state index contributed by atoms with van der Waals surface area (Å²) in [5, 5.41) is 2.89. The van der Waals surface area contributed by atoms with Crippen LogP contribution in [-0.2, 0) is 32.5 Å². The average molecular weight is 508 g/mol. The molecule has 1 N–H and O–H groups in total. The van der Waals surface area contributed by atoms with Crippen molar-refractivity contribution in [1.82, 2.24) is 5.32 Å². The molecule has 1 heterocycles. The number of carbonyl (C=O) groups is 1. The molecule has 8 heteroatoms. The number of benzene rings is 3. The van der Waals surface area contributed by atoms with Crippen LogP contribution < -0.4 is 14.5 Å². The third-order valence-electron chi connectivity index (χ3n) is 6.34. The molecule has 0 radical (unpaired) electrons. The van der Waals surface area contributed by atoms with Crippen molar-refractivity contribution in [3.8, 4) is 0 Å². The highest BCUT2D eigenvalue weighted by Crippen LogP contribution is 2.27. The van der Waals surface area contributed by atoms with Crippen LogP contribution in [0.25, 0.3) is 0 Å². The molecule has 0 unspecified atom stereocenters. The maximum atomic E-state index is 13.6. The summed E-state index contributed by atoms with van der Waals surface area (Å²) >= 11 is 0. The summed E-state index contributed by atoms with van der Waals surface area (Å²) in [4.78, 5) is 15.4. The van der Waals surface area contributed by atoms with Gasteiger partial charge in [-0.1, -0.05) is 55.0 Å². The van der Waals surface area contributed by atoms with Crippen LogP contribution in [0.1, 0.15) is 23.6 Å². The second-order valence-corrected chi connectivity index (χ2v) is 10.7. The van der Waals surface area contributed by atoms with E-state index in [0.29, 0.717) is 18.7 Å². The molecular weight excluding hydrogens is 474 g/mol. The zero-order valence-corrected chi connectivity index (χ0v) is 21.6. The number of carbonyl (C=O) groups excluding carboxylic acids is 1. The Hall–Kier alpha value is -3.36. The number of rotatable bonds is 9. The fraction of sp³-hybridized carbons (Fsp3) is 0.321. The normalized spacial score (nSPS) is 13.9. The van der Waals surface area contributed by atoms with Gasteiger partial charge in [-0.2, -0.15) is 0 Å². The van der Waals surface area contributed by atoms with Crippen LogP contribution in [0.4, 0.5) is 11.4 Å². The highest BCUT2D eigenvalue weighted by Gasteiger charge is 2.28. The number of sulfonamides is 1. The third kappa shape index (κ3) is 6.06. The van der Waals surface area contributed by atoms with Gasteiger partial charge in [-0.25, -0.2) is 8.42 Å². The van der Waals surface area contributed by atoms with E-state index in [2.05, 4.69) is 10.2 Å². The Morgan fingerprint density at radius 3 is 2.31 bits per heavy atom. The van der Waals surface area contributed by atoms with Gasteiger partial charge in [-0.3, -0.25) is 9.10 Å². The first-order valence-corrected chi connectivity index (χ1v) is 13.7.